The summed E-state index contributed by atoms with van der Waals surface area (Å²) in [6.07, 6.45) is 1.55. The highest BCUT2D eigenvalue weighted by Crippen LogP contribution is 2.31. The molecule has 1 aliphatic rings. The van der Waals surface area contributed by atoms with Crippen LogP contribution in [0.1, 0.15) is 38.4 Å². The van der Waals surface area contributed by atoms with Crippen molar-refractivity contribution in [1.29, 1.82) is 0 Å². The van der Waals surface area contributed by atoms with Gasteiger partial charge in [0.15, 0.2) is 0 Å². The topological polar surface area (TPSA) is 66.3 Å². The second-order valence-corrected chi connectivity index (χ2v) is 5.77. The number of aromatic nitrogens is 2. The van der Waals surface area contributed by atoms with Crippen molar-refractivity contribution in [3.63, 3.8) is 0 Å². The third-order valence-electron chi connectivity index (χ3n) is 3.93. The highest BCUT2D eigenvalue weighted by molar-refractivity contribution is 5.92. The van der Waals surface area contributed by atoms with E-state index < -0.39 is 12.0 Å². The largest absolute Gasteiger partial charge is 0.480 e. The number of hydrogen-bond donors (Lipinski definition) is 1. The first kappa shape index (κ1) is 13.8. The van der Waals surface area contributed by atoms with Gasteiger partial charge in [-0.3, -0.25) is 0 Å². The van der Waals surface area contributed by atoms with E-state index in [9.17, 15) is 9.90 Å². The first-order valence-corrected chi connectivity index (χ1v) is 7.34. The average Bonchev–Trinajstić information content (AvgIpc) is 2.95. The summed E-state index contributed by atoms with van der Waals surface area (Å²) in [5, 5.41) is 10.3. The first-order chi connectivity index (χ1) is 10.1. The molecule has 0 amide bonds. The molecule has 1 aliphatic heterocycles. The lowest BCUT2D eigenvalue weighted by molar-refractivity contribution is -0.138. The Morgan fingerprint density at radius 1 is 1.33 bits per heavy atom. The molecule has 2 heterocycles. The Kier molecular flexibility index (Phi) is 3.49. The minimum absolute atomic E-state index is 0.208. The van der Waals surface area contributed by atoms with Crippen LogP contribution in [0.15, 0.2) is 24.3 Å². The highest BCUT2D eigenvalue weighted by atomic mass is 16.4. The zero-order chi connectivity index (χ0) is 15.0. The van der Waals surface area contributed by atoms with Crippen molar-refractivity contribution in [3.05, 3.63) is 30.1 Å². The van der Waals surface area contributed by atoms with Crippen LogP contribution in [0.3, 0.4) is 0 Å². The fraction of sp³-hybridized carbons (Fsp3) is 0.438. The zero-order valence-corrected chi connectivity index (χ0v) is 12.3. The maximum absolute atomic E-state index is 11.5. The summed E-state index contributed by atoms with van der Waals surface area (Å²) < 4.78 is 0. The van der Waals surface area contributed by atoms with Gasteiger partial charge in [-0.25, -0.2) is 14.8 Å². The van der Waals surface area contributed by atoms with Gasteiger partial charge in [0.05, 0.1) is 5.52 Å². The SMILES string of the molecule is CC(C)c1nc(N2CCCC2C(=O)O)c2ccccc2n1. The van der Waals surface area contributed by atoms with E-state index in [2.05, 4.69) is 9.97 Å². The molecule has 1 saturated heterocycles. The van der Waals surface area contributed by atoms with Crippen LogP contribution in [-0.4, -0.2) is 33.6 Å². The van der Waals surface area contributed by atoms with Gasteiger partial charge in [0, 0.05) is 17.8 Å². The van der Waals surface area contributed by atoms with Gasteiger partial charge in [0.2, 0.25) is 0 Å². The molecule has 3 rings (SSSR count). The van der Waals surface area contributed by atoms with Crippen LogP contribution >= 0.6 is 0 Å². The molecular formula is C16H19N3O2. The first-order valence-electron chi connectivity index (χ1n) is 7.34. The lowest BCUT2D eigenvalue weighted by Crippen LogP contribution is -2.36. The van der Waals surface area contributed by atoms with E-state index in [1.54, 1.807) is 0 Å². The molecule has 1 aromatic heterocycles. The van der Waals surface area contributed by atoms with Crippen molar-refractivity contribution < 1.29 is 9.90 Å². The van der Waals surface area contributed by atoms with Gasteiger partial charge in [-0.1, -0.05) is 26.0 Å². The molecule has 1 aromatic carbocycles. The number of rotatable bonds is 3. The van der Waals surface area contributed by atoms with E-state index in [1.165, 1.54) is 0 Å². The molecule has 2 aromatic rings. The summed E-state index contributed by atoms with van der Waals surface area (Å²) in [5.74, 6) is 0.953. The fourth-order valence-corrected chi connectivity index (χ4v) is 2.83. The van der Waals surface area contributed by atoms with E-state index in [1.807, 2.05) is 43.0 Å². The van der Waals surface area contributed by atoms with Gasteiger partial charge in [-0.05, 0) is 25.0 Å². The molecule has 5 nitrogen and oxygen atoms in total. The van der Waals surface area contributed by atoms with Gasteiger partial charge in [-0.2, -0.15) is 0 Å². The molecule has 0 saturated carbocycles. The van der Waals surface area contributed by atoms with Crippen LogP contribution in [0.4, 0.5) is 5.82 Å². The summed E-state index contributed by atoms with van der Waals surface area (Å²) in [6.45, 7) is 4.83. The number of benzene rings is 1. The Labute approximate surface area is 123 Å². The molecular weight excluding hydrogens is 266 g/mol. The number of aliphatic carboxylic acids is 1. The van der Waals surface area contributed by atoms with Crippen molar-refractivity contribution in [2.75, 3.05) is 11.4 Å². The Hall–Kier alpha value is -2.17. The molecule has 1 atom stereocenters. The van der Waals surface area contributed by atoms with Crippen LogP contribution in [0.25, 0.3) is 10.9 Å². The molecule has 0 aliphatic carbocycles. The summed E-state index contributed by atoms with van der Waals surface area (Å²) in [4.78, 5) is 22.6. The minimum Gasteiger partial charge on any atom is -0.480 e. The smallest absolute Gasteiger partial charge is 0.326 e. The van der Waals surface area contributed by atoms with Crippen molar-refractivity contribution >= 4 is 22.7 Å². The van der Waals surface area contributed by atoms with Crippen LogP contribution in [0.2, 0.25) is 0 Å². The maximum Gasteiger partial charge on any atom is 0.326 e. The minimum atomic E-state index is -0.777. The lowest BCUT2D eigenvalue weighted by atomic mass is 10.1. The Bertz CT molecular complexity index is 684. The number of hydrogen-bond acceptors (Lipinski definition) is 4. The normalized spacial score (nSPS) is 18.6. The van der Waals surface area contributed by atoms with E-state index in [0.29, 0.717) is 6.42 Å². The third kappa shape index (κ3) is 2.44. The monoisotopic (exact) mass is 285 g/mol. The molecule has 1 fully saturated rings. The van der Waals surface area contributed by atoms with Gasteiger partial charge in [0.1, 0.15) is 17.7 Å². The Morgan fingerprint density at radius 2 is 2.10 bits per heavy atom. The number of carboxylic acid groups (broad SMARTS) is 1. The predicted octanol–water partition coefficient (Wildman–Crippen LogP) is 2.81. The average molecular weight is 285 g/mol. The maximum atomic E-state index is 11.5. The van der Waals surface area contributed by atoms with Crippen molar-refractivity contribution in [2.45, 2.75) is 38.6 Å². The quantitative estimate of drug-likeness (QED) is 0.939. The van der Waals surface area contributed by atoms with Crippen LogP contribution in [-0.2, 0) is 4.79 Å². The highest BCUT2D eigenvalue weighted by Gasteiger charge is 2.32. The third-order valence-corrected chi connectivity index (χ3v) is 3.93. The molecule has 21 heavy (non-hydrogen) atoms. The fourth-order valence-electron chi connectivity index (χ4n) is 2.83. The van der Waals surface area contributed by atoms with E-state index >= 15 is 0 Å². The van der Waals surface area contributed by atoms with Crippen molar-refractivity contribution in [2.24, 2.45) is 0 Å². The molecule has 5 heteroatoms. The van der Waals surface area contributed by atoms with E-state index in [0.717, 1.165) is 35.5 Å². The molecule has 1 N–H and O–H groups in total. The second-order valence-electron chi connectivity index (χ2n) is 5.77. The van der Waals surface area contributed by atoms with Crippen LogP contribution in [0.5, 0.6) is 0 Å². The second kappa shape index (κ2) is 5.31. The Balaban J connectivity index is 2.18. The van der Waals surface area contributed by atoms with Gasteiger partial charge in [0.25, 0.3) is 0 Å². The molecule has 0 radical (unpaired) electrons. The van der Waals surface area contributed by atoms with Gasteiger partial charge >= 0.3 is 5.97 Å². The van der Waals surface area contributed by atoms with E-state index in [-0.39, 0.29) is 5.92 Å². The van der Waals surface area contributed by atoms with Gasteiger partial charge < -0.3 is 10.0 Å². The van der Waals surface area contributed by atoms with Crippen LogP contribution in [0, 0.1) is 0 Å². The standard InChI is InChI=1S/C16H19N3O2/c1-10(2)14-17-12-7-4-3-6-11(12)15(18-14)19-9-5-8-13(19)16(20)21/h3-4,6-7,10,13H,5,8-9H2,1-2H3,(H,20,21). The zero-order valence-electron chi connectivity index (χ0n) is 12.3. The number of anilines is 1. The number of fused-ring (bicyclic) bond motifs is 1. The van der Waals surface area contributed by atoms with Crippen molar-refractivity contribution in [1.82, 2.24) is 9.97 Å². The van der Waals surface area contributed by atoms with Gasteiger partial charge in [-0.15, -0.1) is 0 Å². The lowest BCUT2D eigenvalue weighted by Gasteiger charge is -2.24. The van der Waals surface area contributed by atoms with Crippen LogP contribution < -0.4 is 4.90 Å². The number of nitrogens with zero attached hydrogens (tertiary/aromatic N) is 3. The summed E-state index contributed by atoms with van der Waals surface area (Å²) in [5.41, 5.74) is 0.877. The van der Waals surface area contributed by atoms with Crippen molar-refractivity contribution in [3.8, 4) is 0 Å². The van der Waals surface area contributed by atoms with E-state index in [4.69, 9.17) is 0 Å². The number of carbonyl (C=O) groups is 1. The number of carboxylic acids is 1. The summed E-state index contributed by atoms with van der Waals surface area (Å²) in [7, 11) is 0. The molecule has 110 valence electrons. The molecule has 0 bridgehead atoms. The number of para-hydroxylation sites is 1. The molecule has 1 unspecified atom stereocenters. The molecule has 0 spiro atoms. The summed E-state index contributed by atoms with van der Waals surface area (Å²) >= 11 is 0. The Morgan fingerprint density at radius 3 is 2.81 bits per heavy atom. The predicted molar refractivity (Wildman–Crippen MR) is 81.6 cm³/mol. The summed E-state index contributed by atoms with van der Waals surface area (Å²) in [6, 6.07) is 7.32.